The summed E-state index contributed by atoms with van der Waals surface area (Å²) in [7, 11) is 1.63. The van der Waals surface area contributed by atoms with E-state index in [1.807, 2.05) is 66.9 Å². The first-order valence-electron chi connectivity index (χ1n) is 9.56. The Bertz CT molecular complexity index is 1170. The van der Waals surface area contributed by atoms with Crippen LogP contribution < -0.4 is 9.47 Å². The number of rotatable bonds is 8. The highest BCUT2D eigenvalue weighted by molar-refractivity contribution is 7.98. The van der Waals surface area contributed by atoms with Crippen molar-refractivity contribution in [1.29, 1.82) is 0 Å². The number of hydrogen-bond acceptors (Lipinski definition) is 7. The van der Waals surface area contributed by atoms with Gasteiger partial charge >= 0.3 is 0 Å². The van der Waals surface area contributed by atoms with E-state index in [-0.39, 0.29) is 6.61 Å². The number of aromatic nitrogens is 4. The van der Waals surface area contributed by atoms with Crippen LogP contribution in [0.5, 0.6) is 11.5 Å². The van der Waals surface area contributed by atoms with Crippen LogP contribution in [0.3, 0.4) is 0 Å². The third-order valence-electron chi connectivity index (χ3n) is 4.57. The fraction of sp³-hybridized carbons (Fsp3) is 0.227. The molecule has 2 aromatic heterocycles. The van der Waals surface area contributed by atoms with Crippen molar-refractivity contribution < 1.29 is 14.0 Å². The van der Waals surface area contributed by atoms with Crippen molar-refractivity contribution in [3.63, 3.8) is 0 Å². The van der Waals surface area contributed by atoms with E-state index in [9.17, 15) is 0 Å². The van der Waals surface area contributed by atoms with Gasteiger partial charge in [0.05, 0.1) is 18.5 Å². The normalized spacial score (nSPS) is 11.0. The summed E-state index contributed by atoms with van der Waals surface area (Å²) in [5.74, 6) is 3.52. The van der Waals surface area contributed by atoms with E-state index in [1.54, 1.807) is 7.11 Å². The number of methoxy groups -OCH3 is 1. The zero-order chi connectivity index (χ0) is 21.8. The Kier molecular flexibility index (Phi) is 6.48. The van der Waals surface area contributed by atoms with Crippen LogP contribution in [0.1, 0.15) is 22.8 Å². The molecule has 0 aliphatic carbocycles. The van der Waals surface area contributed by atoms with E-state index < -0.39 is 0 Å². The van der Waals surface area contributed by atoms with Crippen LogP contribution in [0.15, 0.2) is 58.2 Å². The molecule has 9 heteroatoms. The largest absolute Gasteiger partial charge is 0.497 e. The Balaban J connectivity index is 1.60. The first kappa shape index (κ1) is 21.3. The Morgan fingerprint density at radius 2 is 1.81 bits per heavy atom. The quantitative estimate of drug-likeness (QED) is 0.328. The predicted molar refractivity (Wildman–Crippen MR) is 119 cm³/mol. The van der Waals surface area contributed by atoms with Gasteiger partial charge in [-0.25, -0.2) is 0 Å². The second kappa shape index (κ2) is 9.45. The minimum absolute atomic E-state index is 0.244. The third kappa shape index (κ3) is 5.03. The van der Waals surface area contributed by atoms with E-state index in [2.05, 4.69) is 15.4 Å². The molecule has 0 aliphatic heterocycles. The molecule has 0 amide bonds. The van der Waals surface area contributed by atoms with E-state index >= 15 is 0 Å². The highest BCUT2D eigenvalue weighted by atomic mass is 35.5. The maximum Gasteiger partial charge on any atom is 0.196 e. The number of benzene rings is 2. The second-order valence-corrected chi connectivity index (χ2v) is 8.20. The Morgan fingerprint density at radius 3 is 2.48 bits per heavy atom. The van der Waals surface area contributed by atoms with Gasteiger partial charge in [0.25, 0.3) is 0 Å². The van der Waals surface area contributed by atoms with Crippen LogP contribution in [0, 0.1) is 13.8 Å². The molecule has 0 bridgehead atoms. The van der Waals surface area contributed by atoms with Crippen molar-refractivity contribution in [3.05, 3.63) is 76.4 Å². The van der Waals surface area contributed by atoms with Gasteiger partial charge in [-0.2, -0.15) is 0 Å². The van der Waals surface area contributed by atoms with Crippen molar-refractivity contribution in [2.24, 2.45) is 0 Å². The summed E-state index contributed by atoms with van der Waals surface area (Å²) in [6.07, 6.45) is 0. The van der Waals surface area contributed by atoms with E-state index in [1.165, 1.54) is 11.8 Å². The molecule has 0 unspecified atom stereocenters. The van der Waals surface area contributed by atoms with Crippen molar-refractivity contribution >= 4 is 23.4 Å². The van der Waals surface area contributed by atoms with Crippen LogP contribution in [0.4, 0.5) is 0 Å². The molecule has 0 saturated carbocycles. The summed E-state index contributed by atoms with van der Waals surface area (Å²) in [6, 6.07) is 15.2. The van der Waals surface area contributed by atoms with Crippen LogP contribution in [0.2, 0.25) is 5.02 Å². The first-order valence-corrected chi connectivity index (χ1v) is 10.9. The van der Waals surface area contributed by atoms with Crippen molar-refractivity contribution in [3.8, 4) is 17.2 Å². The SMILES string of the molecule is COc1ccc(OCc2nnc(SCc3cc(C)on3)n2-c2ccc(C)c(Cl)c2)cc1. The Labute approximate surface area is 189 Å². The summed E-state index contributed by atoms with van der Waals surface area (Å²) >= 11 is 7.90. The van der Waals surface area contributed by atoms with Gasteiger partial charge in [0.1, 0.15) is 23.9 Å². The lowest BCUT2D eigenvalue weighted by Gasteiger charge is -2.12. The standard InChI is InChI=1S/C22H21ClN4O3S/c1-14-4-5-17(11-20(14)23)27-21(12-29-19-8-6-18(28-3)7-9-19)24-25-22(27)31-13-16-10-15(2)30-26-16/h4-11H,12-13H2,1-3H3. The van der Waals surface area contributed by atoms with Gasteiger partial charge < -0.3 is 14.0 Å². The predicted octanol–water partition coefficient (Wildman–Crippen LogP) is 5.41. The molecule has 0 radical (unpaired) electrons. The molecule has 0 N–H and O–H groups in total. The van der Waals surface area contributed by atoms with Gasteiger partial charge in [-0.3, -0.25) is 4.57 Å². The summed E-state index contributed by atoms with van der Waals surface area (Å²) in [5, 5.41) is 14.2. The summed E-state index contributed by atoms with van der Waals surface area (Å²) in [4.78, 5) is 0. The number of halogens is 1. The number of nitrogens with zero attached hydrogens (tertiary/aromatic N) is 4. The van der Waals surface area contributed by atoms with Gasteiger partial charge in [0.15, 0.2) is 11.0 Å². The number of ether oxygens (including phenoxy) is 2. The molecule has 0 aliphatic rings. The van der Waals surface area contributed by atoms with Crippen LogP contribution in [-0.4, -0.2) is 27.0 Å². The molecule has 2 heterocycles. The molecule has 7 nitrogen and oxygen atoms in total. The van der Waals surface area contributed by atoms with Gasteiger partial charge in [-0.1, -0.05) is 34.6 Å². The Morgan fingerprint density at radius 1 is 1.03 bits per heavy atom. The fourth-order valence-electron chi connectivity index (χ4n) is 2.91. The summed E-state index contributed by atoms with van der Waals surface area (Å²) in [6.45, 7) is 4.08. The van der Waals surface area contributed by atoms with E-state index in [4.69, 9.17) is 25.6 Å². The first-order chi connectivity index (χ1) is 15.0. The molecule has 160 valence electrons. The van der Waals surface area contributed by atoms with Gasteiger partial charge in [0.2, 0.25) is 0 Å². The zero-order valence-corrected chi connectivity index (χ0v) is 18.9. The topological polar surface area (TPSA) is 75.2 Å². The highest BCUT2D eigenvalue weighted by Crippen LogP contribution is 2.28. The minimum Gasteiger partial charge on any atom is -0.497 e. The molecule has 31 heavy (non-hydrogen) atoms. The zero-order valence-electron chi connectivity index (χ0n) is 17.3. The molecule has 0 fully saturated rings. The lowest BCUT2D eigenvalue weighted by Crippen LogP contribution is -2.07. The van der Waals surface area contributed by atoms with Crippen LogP contribution >= 0.6 is 23.4 Å². The van der Waals surface area contributed by atoms with Gasteiger partial charge in [-0.05, 0) is 55.8 Å². The lowest BCUT2D eigenvalue weighted by molar-refractivity contribution is 0.292. The minimum atomic E-state index is 0.244. The monoisotopic (exact) mass is 456 g/mol. The summed E-state index contributed by atoms with van der Waals surface area (Å²) in [5.41, 5.74) is 2.71. The molecular weight excluding hydrogens is 436 g/mol. The molecule has 0 saturated heterocycles. The fourth-order valence-corrected chi connectivity index (χ4v) is 3.94. The van der Waals surface area contributed by atoms with Crippen molar-refractivity contribution in [2.75, 3.05) is 7.11 Å². The smallest absolute Gasteiger partial charge is 0.196 e. The number of hydrogen-bond donors (Lipinski definition) is 0. The average Bonchev–Trinajstić information content (AvgIpc) is 3.38. The third-order valence-corrected chi connectivity index (χ3v) is 5.94. The summed E-state index contributed by atoms with van der Waals surface area (Å²) < 4.78 is 18.2. The highest BCUT2D eigenvalue weighted by Gasteiger charge is 2.17. The average molecular weight is 457 g/mol. The van der Waals surface area contributed by atoms with Gasteiger partial charge in [-0.15, -0.1) is 10.2 Å². The maximum atomic E-state index is 6.39. The second-order valence-electron chi connectivity index (χ2n) is 6.85. The lowest BCUT2D eigenvalue weighted by atomic mass is 10.2. The van der Waals surface area contributed by atoms with E-state index in [0.717, 1.165) is 28.5 Å². The molecule has 4 aromatic rings. The van der Waals surface area contributed by atoms with Gasteiger partial charge in [0, 0.05) is 16.8 Å². The van der Waals surface area contributed by atoms with Crippen molar-refractivity contribution in [2.45, 2.75) is 31.4 Å². The van der Waals surface area contributed by atoms with Crippen molar-refractivity contribution in [1.82, 2.24) is 19.9 Å². The molecule has 0 spiro atoms. The molecule has 4 rings (SSSR count). The molecule has 0 atom stereocenters. The molecule has 2 aromatic carbocycles. The molecular formula is C22H21ClN4O3S. The maximum absolute atomic E-state index is 6.39. The number of aryl methyl sites for hydroxylation is 2. The van der Waals surface area contributed by atoms with Crippen LogP contribution in [-0.2, 0) is 12.4 Å². The number of thioether (sulfide) groups is 1. The van der Waals surface area contributed by atoms with Crippen LogP contribution in [0.25, 0.3) is 5.69 Å². The van der Waals surface area contributed by atoms with E-state index in [0.29, 0.717) is 27.5 Å². The Hall–Kier alpha value is -2.97.